The Labute approximate surface area is 171 Å². The molecule has 2 N–H and O–H groups in total. The predicted molar refractivity (Wildman–Crippen MR) is 102 cm³/mol. The fourth-order valence-electron chi connectivity index (χ4n) is 2.10. The SMILES string of the molecule is Cc1cc(C(=O)NCc2ccc(OC(C)C(F)(F)F)nc2)nc(NC(=O)C(C)C)n1. The molecule has 0 saturated carbocycles. The lowest BCUT2D eigenvalue weighted by Crippen LogP contribution is -2.31. The summed E-state index contributed by atoms with van der Waals surface area (Å²) in [6.45, 7) is 6.04. The highest BCUT2D eigenvalue weighted by Crippen LogP contribution is 2.23. The molecule has 2 aromatic rings. The molecule has 0 fully saturated rings. The van der Waals surface area contributed by atoms with E-state index in [1.807, 2.05) is 0 Å². The second-order valence-corrected chi connectivity index (χ2v) is 6.85. The van der Waals surface area contributed by atoms with E-state index in [0.29, 0.717) is 11.3 Å². The number of amides is 2. The van der Waals surface area contributed by atoms with Gasteiger partial charge >= 0.3 is 6.18 Å². The quantitative estimate of drug-likeness (QED) is 0.706. The number of anilines is 1. The smallest absolute Gasteiger partial charge is 0.425 e. The molecule has 30 heavy (non-hydrogen) atoms. The highest BCUT2D eigenvalue weighted by molar-refractivity contribution is 5.94. The average molecular weight is 425 g/mol. The Morgan fingerprint density at radius 1 is 1.17 bits per heavy atom. The Hall–Kier alpha value is -3.24. The highest BCUT2D eigenvalue weighted by atomic mass is 19.4. The molecule has 0 radical (unpaired) electrons. The van der Waals surface area contributed by atoms with Crippen LogP contribution in [-0.2, 0) is 11.3 Å². The minimum Gasteiger partial charge on any atom is -0.465 e. The van der Waals surface area contributed by atoms with Crippen molar-refractivity contribution < 1.29 is 27.5 Å². The van der Waals surface area contributed by atoms with Crippen molar-refractivity contribution in [3.63, 3.8) is 0 Å². The number of hydrogen-bond acceptors (Lipinski definition) is 6. The van der Waals surface area contributed by atoms with Crippen molar-refractivity contribution >= 4 is 17.8 Å². The number of ether oxygens (including phenoxy) is 1. The summed E-state index contributed by atoms with van der Waals surface area (Å²) in [5.74, 6) is -1.20. The van der Waals surface area contributed by atoms with Gasteiger partial charge in [0.15, 0.2) is 6.10 Å². The molecular weight excluding hydrogens is 403 g/mol. The van der Waals surface area contributed by atoms with Crippen LogP contribution in [0.25, 0.3) is 0 Å². The van der Waals surface area contributed by atoms with Crippen LogP contribution in [0, 0.1) is 12.8 Å². The second kappa shape index (κ2) is 9.51. The number of aryl methyl sites for hydroxylation is 1. The summed E-state index contributed by atoms with van der Waals surface area (Å²) in [7, 11) is 0. The van der Waals surface area contributed by atoms with Gasteiger partial charge in [-0.25, -0.2) is 15.0 Å². The van der Waals surface area contributed by atoms with Gasteiger partial charge < -0.3 is 10.1 Å². The molecule has 2 rings (SSSR count). The summed E-state index contributed by atoms with van der Waals surface area (Å²) in [5.41, 5.74) is 1.11. The van der Waals surface area contributed by atoms with Crippen molar-refractivity contribution in [3.05, 3.63) is 41.3 Å². The lowest BCUT2D eigenvalue weighted by atomic mass is 10.2. The van der Waals surface area contributed by atoms with Gasteiger partial charge in [-0.3, -0.25) is 14.9 Å². The molecule has 0 aliphatic heterocycles. The van der Waals surface area contributed by atoms with Crippen molar-refractivity contribution in [1.82, 2.24) is 20.3 Å². The molecule has 162 valence electrons. The number of alkyl halides is 3. The van der Waals surface area contributed by atoms with Crippen molar-refractivity contribution in [2.24, 2.45) is 5.92 Å². The number of aromatic nitrogens is 3. The first kappa shape index (κ1) is 23.0. The zero-order chi connectivity index (χ0) is 22.5. The van der Waals surface area contributed by atoms with Crippen molar-refractivity contribution in [2.45, 2.75) is 46.5 Å². The number of nitrogens with zero attached hydrogens (tertiary/aromatic N) is 3. The summed E-state index contributed by atoms with van der Waals surface area (Å²) >= 11 is 0. The summed E-state index contributed by atoms with van der Waals surface area (Å²) in [4.78, 5) is 36.1. The first-order valence-electron chi connectivity index (χ1n) is 9.08. The number of carbonyl (C=O) groups excluding carboxylic acids is 2. The van der Waals surface area contributed by atoms with Gasteiger partial charge in [-0.1, -0.05) is 19.9 Å². The molecule has 0 aromatic carbocycles. The number of hydrogen-bond donors (Lipinski definition) is 2. The van der Waals surface area contributed by atoms with Crippen LogP contribution in [0.1, 0.15) is 42.5 Å². The summed E-state index contributed by atoms with van der Waals surface area (Å²) in [5, 5.41) is 5.17. The van der Waals surface area contributed by atoms with Crippen molar-refractivity contribution in [1.29, 1.82) is 0 Å². The van der Waals surface area contributed by atoms with Gasteiger partial charge in [0.05, 0.1) is 0 Å². The van der Waals surface area contributed by atoms with Gasteiger partial charge in [-0.05, 0) is 25.5 Å². The third-order valence-electron chi connectivity index (χ3n) is 3.86. The zero-order valence-corrected chi connectivity index (χ0v) is 16.9. The van der Waals surface area contributed by atoms with Gasteiger partial charge in [0.1, 0.15) is 5.69 Å². The van der Waals surface area contributed by atoms with Gasteiger partial charge in [-0.2, -0.15) is 13.2 Å². The van der Waals surface area contributed by atoms with E-state index in [0.717, 1.165) is 6.92 Å². The fraction of sp³-hybridized carbons (Fsp3) is 0.421. The standard InChI is InChI=1S/C19H22F3N5O3/c1-10(2)16(28)27-18-25-11(3)7-14(26-18)17(29)24-9-13-5-6-15(23-8-13)30-12(4)19(20,21)22/h5-8,10,12H,9H2,1-4H3,(H,24,29)(H,25,26,27,28). The highest BCUT2D eigenvalue weighted by Gasteiger charge is 2.38. The van der Waals surface area contributed by atoms with Gasteiger partial charge in [0, 0.05) is 30.4 Å². The number of rotatable bonds is 7. The van der Waals surface area contributed by atoms with Crippen LogP contribution >= 0.6 is 0 Å². The van der Waals surface area contributed by atoms with E-state index >= 15 is 0 Å². The molecule has 1 atom stereocenters. The topological polar surface area (TPSA) is 106 Å². The number of halogens is 3. The van der Waals surface area contributed by atoms with Crippen molar-refractivity contribution in [2.75, 3.05) is 5.32 Å². The molecule has 1 unspecified atom stereocenters. The molecule has 0 saturated heterocycles. The Balaban J connectivity index is 1.98. The first-order chi connectivity index (χ1) is 14.0. The fourth-order valence-corrected chi connectivity index (χ4v) is 2.10. The third kappa shape index (κ3) is 6.68. The Morgan fingerprint density at radius 3 is 2.43 bits per heavy atom. The third-order valence-corrected chi connectivity index (χ3v) is 3.86. The second-order valence-electron chi connectivity index (χ2n) is 6.85. The molecule has 11 heteroatoms. The Kier molecular flexibility index (Phi) is 7.30. The molecule has 0 aliphatic rings. The minimum atomic E-state index is -4.49. The van der Waals surface area contributed by atoms with E-state index in [1.165, 1.54) is 24.4 Å². The van der Waals surface area contributed by atoms with Crippen LogP contribution < -0.4 is 15.4 Å². The maximum Gasteiger partial charge on any atom is 0.425 e. The van der Waals surface area contributed by atoms with E-state index in [9.17, 15) is 22.8 Å². The monoisotopic (exact) mass is 425 g/mol. The van der Waals surface area contributed by atoms with Gasteiger partial charge in [0.2, 0.25) is 17.7 Å². The summed E-state index contributed by atoms with van der Waals surface area (Å²) in [6.07, 6.45) is -5.17. The number of pyridine rings is 1. The maximum atomic E-state index is 12.5. The van der Waals surface area contributed by atoms with Gasteiger partial charge in [-0.15, -0.1) is 0 Å². The molecule has 0 spiro atoms. The van der Waals surface area contributed by atoms with Crippen LogP contribution in [0.15, 0.2) is 24.4 Å². The Morgan fingerprint density at radius 2 is 1.87 bits per heavy atom. The predicted octanol–water partition coefficient (Wildman–Crippen LogP) is 3.03. The molecule has 2 aromatic heterocycles. The normalized spacial score (nSPS) is 12.4. The van der Waals surface area contributed by atoms with E-state index < -0.39 is 18.2 Å². The molecule has 0 aliphatic carbocycles. The molecule has 0 bridgehead atoms. The first-order valence-corrected chi connectivity index (χ1v) is 9.08. The lowest BCUT2D eigenvalue weighted by molar-refractivity contribution is -0.189. The van der Waals surface area contributed by atoms with Crippen LogP contribution in [0.3, 0.4) is 0 Å². The van der Waals surface area contributed by atoms with E-state index in [2.05, 4.69) is 25.6 Å². The van der Waals surface area contributed by atoms with Crippen LogP contribution in [0.5, 0.6) is 5.88 Å². The molecule has 2 heterocycles. The van der Waals surface area contributed by atoms with Crippen LogP contribution in [0.2, 0.25) is 0 Å². The van der Waals surface area contributed by atoms with Crippen molar-refractivity contribution in [3.8, 4) is 5.88 Å². The van der Waals surface area contributed by atoms with Gasteiger partial charge in [0.25, 0.3) is 5.91 Å². The number of carbonyl (C=O) groups is 2. The lowest BCUT2D eigenvalue weighted by Gasteiger charge is -2.16. The molecule has 8 nitrogen and oxygen atoms in total. The van der Waals surface area contributed by atoms with E-state index in [1.54, 1.807) is 20.8 Å². The molecular formula is C19H22F3N5O3. The minimum absolute atomic E-state index is 0.0285. The number of nitrogens with one attached hydrogen (secondary N) is 2. The zero-order valence-electron chi connectivity index (χ0n) is 16.9. The van der Waals surface area contributed by atoms with Crippen LogP contribution in [0.4, 0.5) is 19.1 Å². The van der Waals surface area contributed by atoms with E-state index in [-0.39, 0.29) is 35.9 Å². The Bertz CT molecular complexity index is 901. The molecule has 2 amide bonds. The summed E-state index contributed by atoms with van der Waals surface area (Å²) < 4.78 is 42.3. The summed E-state index contributed by atoms with van der Waals surface area (Å²) in [6, 6.07) is 4.25. The maximum absolute atomic E-state index is 12.5. The van der Waals surface area contributed by atoms with E-state index in [4.69, 9.17) is 4.74 Å². The van der Waals surface area contributed by atoms with Crippen LogP contribution in [-0.4, -0.2) is 39.0 Å². The average Bonchev–Trinajstić information content (AvgIpc) is 2.65. The largest absolute Gasteiger partial charge is 0.465 e.